The lowest BCUT2D eigenvalue weighted by Gasteiger charge is -2.39. The molecule has 146 valence electrons. The Labute approximate surface area is 160 Å². The van der Waals surface area contributed by atoms with E-state index in [-0.39, 0.29) is 33.4 Å². The van der Waals surface area contributed by atoms with Crippen molar-refractivity contribution in [2.45, 2.75) is 58.9 Å². The van der Waals surface area contributed by atoms with Gasteiger partial charge in [0, 0.05) is 37.3 Å². The highest BCUT2D eigenvalue weighted by molar-refractivity contribution is 5.96. The van der Waals surface area contributed by atoms with E-state index in [2.05, 4.69) is 25.7 Å². The molecule has 0 spiro atoms. The minimum Gasteiger partial charge on any atom is -0.366 e. The molecular weight excluding hydrogens is 342 g/mol. The van der Waals surface area contributed by atoms with Crippen LogP contribution in [0.3, 0.4) is 0 Å². The van der Waals surface area contributed by atoms with Crippen LogP contribution in [-0.4, -0.2) is 41.4 Å². The SMILES string of the molecule is CC1(C)C[C@H]2C[C@@](C)(CN2C(=O)c2ccc(N3CCCC3)c([N+](=O)[O-])c2)C1. The van der Waals surface area contributed by atoms with Crippen LogP contribution in [-0.2, 0) is 0 Å². The third-order valence-electron chi connectivity index (χ3n) is 6.54. The largest absolute Gasteiger partial charge is 0.366 e. The summed E-state index contributed by atoms with van der Waals surface area (Å²) < 4.78 is 0. The monoisotopic (exact) mass is 371 g/mol. The van der Waals surface area contributed by atoms with Crippen molar-refractivity contribution in [3.05, 3.63) is 33.9 Å². The van der Waals surface area contributed by atoms with Gasteiger partial charge in [-0.25, -0.2) is 0 Å². The Hall–Kier alpha value is -2.11. The van der Waals surface area contributed by atoms with E-state index >= 15 is 0 Å². The van der Waals surface area contributed by atoms with Crippen LogP contribution >= 0.6 is 0 Å². The first-order valence-electron chi connectivity index (χ1n) is 10.0. The Balaban J connectivity index is 1.63. The lowest BCUT2D eigenvalue weighted by Crippen LogP contribution is -2.37. The first-order chi connectivity index (χ1) is 12.7. The Kier molecular flexibility index (Phi) is 4.20. The zero-order valence-corrected chi connectivity index (χ0v) is 16.5. The lowest BCUT2D eigenvalue weighted by molar-refractivity contribution is -0.384. The van der Waals surface area contributed by atoms with E-state index < -0.39 is 0 Å². The summed E-state index contributed by atoms with van der Waals surface area (Å²) in [6.45, 7) is 9.27. The number of anilines is 1. The summed E-state index contributed by atoms with van der Waals surface area (Å²) >= 11 is 0. The van der Waals surface area contributed by atoms with Gasteiger partial charge < -0.3 is 9.80 Å². The normalized spacial score (nSPS) is 29.2. The number of nitro benzene ring substituents is 1. The number of nitro groups is 1. The molecular formula is C21H29N3O3. The fourth-order valence-electron chi connectivity index (χ4n) is 5.89. The van der Waals surface area contributed by atoms with Crippen LogP contribution in [0.15, 0.2) is 18.2 Å². The quantitative estimate of drug-likeness (QED) is 0.589. The maximum absolute atomic E-state index is 13.2. The average molecular weight is 371 g/mol. The van der Waals surface area contributed by atoms with E-state index in [0.29, 0.717) is 11.3 Å². The first-order valence-corrected chi connectivity index (χ1v) is 10.0. The van der Waals surface area contributed by atoms with Gasteiger partial charge >= 0.3 is 0 Å². The van der Waals surface area contributed by atoms with Crippen molar-refractivity contribution in [3.8, 4) is 0 Å². The summed E-state index contributed by atoms with van der Waals surface area (Å²) in [5, 5.41) is 11.6. The zero-order chi connectivity index (χ0) is 19.4. The molecule has 1 saturated carbocycles. The van der Waals surface area contributed by atoms with E-state index in [1.165, 1.54) is 6.07 Å². The van der Waals surface area contributed by atoms with Crippen molar-refractivity contribution in [2.24, 2.45) is 10.8 Å². The number of carbonyl (C=O) groups excluding carboxylic acids is 1. The van der Waals surface area contributed by atoms with Gasteiger partial charge in [-0.05, 0) is 55.1 Å². The number of nitrogens with zero attached hydrogens (tertiary/aromatic N) is 3. The topological polar surface area (TPSA) is 66.7 Å². The van der Waals surface area contributed by atoms with Crippen LogP contribution in [0.4, 0.5) is 11.4 Å². The van der Waals surface area contributed by atoms with Crippen molar-refractivity contribution < 1.29 is 9.72 Å². The zero-order valence-electron chi connectivity index (χ0n) is 16.5. The van der Waals surface area contributed by atoms with Crippen molar-refractivity contribution in [3.63, 3.8) is 0 Å². The van der Waals surface area contributed by atoms with Gasteiger partial charge in [0.15, 0.2) is 0 Å². The highest BCUT2D eigenvalue weighted by atomic mass is 16.6. The molecule has 3 fully saturated rings. The van der Waals surface area contributed by atoms with Gasteiger partial charge in [0.25, 0.3) is 11.6 Å². The summed E-state index contributed by atoms with van der Waals surface area (Å²) in [6, 6.07) is 5.28. The van der Waals surface area contributed by atoms with E-state index in [9.17, 15) is 14.9 Å². The van der Waals surface area contributed by atoms with E-state index in [1.807, 2.05) is 4.90 Å². The van der Waals surface area contributed by atoms with E-state index in [4.69, 9.17) is 0 Å². The second-order valence-corrected chi connectivity index (χ2v) is 9.80. The number of likely N-dealkylation sites (tertiary alicyclic amines) is 1. The molecule has 0 unspecified atom stereocenters. The number of fused-ring (bicyclic) bond motifs is 2. The molecule has 1 aromatic carbocycles. The Morgan fingerprint density at radius 2 is 1.89 bits per heavy atom. The van der Waals surface area contributed by atoms with Gasteiger partial charge in [0.2, 0.25) is 0 Å². The number of hydrogen-bond donors (Lipinski definition) is 0. The van der Waals surface area contributed by atoms with Crippen LogP contribution in [0.5, 0.6) is 0 Å². The van der Waals surface area contributed by atoms with Crippen LogP contribution in [0.25, 0.3) is 0 Å². The third kappa shape index (κ3) is 3.30. The molecule has 1 aliphatic carbocycles. The van der Waals surface area contributed by atoms with Crippen LogP contribution in [0.1, 0.15) is 63.2 Å². The van der Waals surface area contributed by atoms with Crippen molar-refractivity contribution in [1.29, 1.82) is 0 Å². The Bertz CT molecular complexity index is 785. The van der Waals surface area contributed by atoms with E-state index in [1.54, 1.807) is 12.1 Å². The molecule has 6 heteroatoms. The molecule has 2 atom stereocenters. The van der Waals surface area contributed by atoms with Gasteiger partial charge in [-0.3, -0.25) is 14.9 Å². The van der Waals surface area contributed by atoms with Crippen LogP contribution in [0.2, 0.25) is 0 Å². The van der Waals surface area contributed by atoms with Gasteiger partial charge in [-0.2, -0.15) is 0 Å². The van der Waals surface area contributed by atoms with E-state index in [0.717, 1.165) is 51.7 Å². The summed E-state index contributed by atoms with van der Waals surface area (Å²) in [5.74, 6) is -0.0579. The van der Waals surface area contributed by atoms with Crippen molar-refractivity contribution in [1.82, 2.24) is 4.90 Å². The molecule has 0 radical (unpaired) electrons. The fourth-order valence-corrected chi connectivity index (χ4v) is 5.89. The highest BCUT2D eigenvalue weighted by Crippen LogP contribution is 2.52. The first kappa shape index (κ1) is 18.3. The molecule has 0 aromatic heterocycles. The molecule has 2 bridgehead atoms. The number of rotatable bonds is 3. The number of hydrogen-bond acceptors (Lipinski definition) is 4. The molecule has 6 nitrogen and oxygen atoms in total. The van der Waals surface area contributed by atoms with Crippen LogP contribution < -0.4 is 4.90 Å². The molecule has 4 rings (SSSR count). The number of carbonyl (C=O) groups is 1. The van der Waals surface area contributed by atoms with Gasteiger partial charge in [-0.15, -0.1) is 0 Å². The lowest BCUT2D eigenvalue weighted by atomic mass is 9.65. The molecule has 2 heterocycles. The Morgan fingerprint density at radius 3 is 2.56 bits per heavy atom. The Morgan fingerprint density at radius 1 is 1.19 bits per heavy atom. The van der Waals surface area contributed by atoms with Gasteiger partial charge in [0.1, 0.15) is 5.69 Å². The molecule has 2 aliphatic heterocycles. The minimum absolute atomic E-state index is 0.0523. The average Bonchev–Trinajstić information content (AvgIpc) is 3.18. The second-order valence-electron chi connectivity index (χ2n) is 9.80. The maximum Gasteiger partial charge on any atom is 0.293 e. The molecule has 27 heavy (non-hydrogen) atoms. The predicted octanol–water partition coefficient (Wildman–Crippen LogP) is 4.24. The smallest absolute Gasteiger partial charge is 0.293 e. The summed E-state index contributed by atoms with van der Waals surface area (Å²) in [6.07, 6.45) is 5.27. The van der Waals surface area contributed by atoms with Crippen molar-refractivity contribution >= 4 is 17.3 Å². The van der Waals surface area contributed by atoms with Crippen LogP contribution in [0, 0.1) is 20.9 Å². The second kappa shape index (κ2) is 6.21. The third-order valence-corrected chi connectivity index (χ3v) is 6.54. The summed E-state index contributed by atoms with van der Waals surface area (Å²) in [7, 11) is 0. The maximum atomic E-state index is 13.2. The van der Waals surface area contributed by atoms with Crippen molar-refractivity contribution in [2.75, 3.05) is 24.5 Å². The summed E-state index contributed by atoms with van der Waals surface area (Å²) in [4.78, 5) is 28.6. The standard InChI is InChI=1S/C21H29N3O3/c1-20(2)11-16-12-21(3,13-20)14-23(16)19(25)15-6-7-17(18(10-15)24(26)27)22-8-4-5-9-22/h6-7,10,16H,4-5,8-9,11-14H2,1-3H3/t16-,21+/m0/s1. The fraction of sp³-hybridized carbons (Fsp3) is 0.667. The molecule has 2 saturated heterocycles. The molecule has 0 N–H and O–H groups in total. The molecule has 1 amide bonds. The van der Waals surface area contributed by atoms with Gasteiger partial charge in [-0.1, -0.05) is 20.8 Å². The summed E-state index contributed by atoms with van der Waals surface area (Å²) in [5.41, 5.74) is 1.53. The molecule has 1 aromatic rings. The minimum atomic E-state index is -0.350. The van der Waals surface area contributed by atoms with Gasteiger partial charge in [0.05, 0.1) is 4.92 Å². The number of benzene rings is 1. The number of amides is 1. The molecule has 3 aliphatic rings. The predicted molar refractivity (Wildman–Crippen MR) is 105 cm³/mol. The highest BCUT2D eigenvalue weighted by Gasteiger charge is 2.51.